The van der Waals surface area contributed by atoms with Gasteiger partial charge in [0.05, 0.1) is 6.04 Å². The fourth-order valence-electron chi connectivity index (χ4n) is 1.44. The highest BCUT2D eigenvalue weighted by Crippen LogP contribution is 2.15. The van der Waals surface area contributed by atoms with Gasteiger partial charge in [0, 0.05) is 36.0 Å². The summed E-state index contributed by atoms with van der Waals surface area (Å²) in [5.74, 6) is -0.0400. The molecule has 0 aliphatic carbocycles. The topological polar surface area (TPSA) is 82.0 Å². The minimum atomic E-state index is -0.0687. The van der Waals surface area contributed by atoms with Crippen LogP contribution in [0.4, 0.5) is 0 Å². The SMILES string of the molecule is [N-]=[N+]=NC1CN(C(=O)c2ccncc2)C1. The molecule has 0 N–H and O–H groups in total. The van der Waals surface area contributed by atoms with Gasteiger partial charge in [-0.2, -0.15) is 0 Å². The van der Waals surface area contributed by atoms with Gasteiger partial charge in [0.1, 0.15) is 0 Å². The molecular formula is C9H9N5O. The summed E-state index contributed by atoms with van der Waals surface area (Å²) in [4.78, 5) is 19.9. The van der Waals surface area contributed by atoms with Crippen LogP contribution in [0.5, 0.6) is 0 Å². The number of nitrogens with zero attached hydrogens (tertiary/aromatic N) is 5. The lowest BCUT2D eigenvalue weighted by Gasteiger charge is -2.36. The second kappa shape index (κ2) is 3.98. The molecule has 1 fully saturated rings. The van der Waals surface area contributed by atoms with Crippen molar-refractivity contribution in [3.63, 3.8) is 0 Å². The zero-order chi connectivity index (χ0) is 10.7. The van der Waals surface area contributed by atoms with E-state index in [1.54, 1.807) is 29.4 Å². The lowest BCUT2D eigenvalue weighted by molar-refractivity contribution is 0.0608. The molecule has 0 radical (unpaired) electrons. The minimum Gasteiger partial charge on any atom is -0.338 e. The largest absolute Gasteiger partial charge is 0.338 e. The molecule has 76 valence electrons. The number of carbonyl (C=O) groups is 1. The van der Waals surface area contributed by atoms with Gasteiger partial charge in [-0.15, -0.1) is 0 Å². The molecule has 0 unspecified atom stereocenters. The number of hydrogen-bond donors (Lipinski definition) is 0. The first kappa shape index (κ1) is 9.48. The Balaban J connectivity index is 1.98. The van der Waals surface area contributed by atoms with Crippen molar-refractivity contribution in [1.82, 2.24) is 9.88 Å². The van der Waals surface area contributed by atoms with Crippen LogP contribution in [0.25, 0.3) is 10.4 Å². The fraction of sp³-hybridized carbons (Fsp3) is 0.333. The molecule has 2 heterocycles. The van der Waals surface area contributed by atoms with E-state index in [4.69, 9.17) is 5.53 Å². The molecule has 0 spiro atoms. The average Bonchev–Trinajstić information content (AvgIpc) is 2.23. The maximum atomic E-state index is 11.7. The van der Waals surface area contributed by atoms with E-state index in [2.05, 4.69) is 15.0 Å². The quantitative estimate of drug-likeness (QED) is 0.411. The van der Waals surface area contributed by atoms with E-state index in [1.807, 2.05) is 0 Å². The van der Waals surface area contributed by atoms with Crippen molar-refractivity contribution in [1.29, 1.82) is 0 Å². The van der Waals surface area contributed by atoms with Gasteiger partial charge in [-0.1, -0.05) is 5.11 Å². The Labute approximate surface area is 86.2 Å². The summed E-state index contributed by atoms with van der Waals surface area (Å²) in [7, 11) is 0. The minimum absolute atomic E-state index is 0.0400. The highest BCUT2D eigenvalue weighted by atomic mass is 16.2. The Kier molecular flexibility index (Phi) is 2.51. The highest BCUT2D eigenvalue weighted by molar-refractivity contribution is 5.94. The first-order valence-electron chi connectivity index (χ1n) is 4.55. The Morgan fingerprint density at radius 2 is 2.20 bits per heavy atom. The van der Waals surface area contributed by atoms with Crippen molar-refractivity contribution in [2.24, 2.45) is 5.11 Å². The van der Waals surface area contributed by atoms with E-state index in [1.165, 1.54) is 0 Å². The third kappa shape index (κ3) is 1.89. The zero-order valence-corrected chi connectivity index (χ0v) is 7.95. The molecule has 0 aromatic carbocycles. The van der Waals surface area contributed by atoms with Crippen LogP contribution in [0.1, 0.15) is 10.4 Å². The molecule has 6 nitrogen and oxygen atoms in total. The molecule has 6 heteroatoms. The number of pyridine rings is 1. The summed E-state index contributed by atoms with van der Waals surface area (Å²) in [5, 5.41) is 3.53. The van der Waals surface area contributed by atoms with Crippen LogP contribution in [0.3, 0.4) is 0 Å². The van der Waals surface area contributed by atoms with E-state index in [0.29, 0.717) is 18.7 Å². The van der Waals surface area contributed by atoms with Crippen molar-refractivity contribution in [3.05, 3.63) is 40.5 Å². The highest BCUT2D eigenvalue weighted by Gasteiger charge is 2.30. The number of rotatable bonds is 2. The molecule has 0 bridgehead atoms. The van der Waals surface area contributed by atoms with Crippen LogP contribution in [-0.2, 0) is 0 Å². The standard InChI is InChI=1S/C9H9N5O/c10-13-12-8-5-14(6-8)9(15)7-1-3-11-4-2-7/h1-4,8H,5-6H2. The van der Waals surface area contributed by atoms with E-state index in [-0.39, 0.29) is 11.9 Å². The summed E-state index contributed by atoms with van der Waals surface area (Å²) >= 11 is 0. The summed E-state index contributed by atoms with van der Waals surface area (Å²) < 4.78 is 0. The summed E-state index contributed by atoms with van der Waals surface area (Å²) in [6.07, 6.45) is 3.16. The molecule has 1 saturated heterocycles. The van der Waals surface area contributed by atoms with Crippen LogP contribution in [-0.4, -0.2) is 34.9 Å². The average molecular weight is 203 g/mol. The maximum absolute atomic E-state index is 11.7. The van der Waals surface area contributed by atoms with Crippen LogP contribution < -0.4 is 0 Å². The molecule has 1 aromatic heterocycles. The van der Waals surface area contributed by atoms with E-state index < -0.39 is 0 Å². The first-order chi connectivity index (χ1) is 7.31. The molecule has 15 heavy (non-hydrogen) atoms. The van der Waals surface area contributed by atoms with Crippen molar-refractivity contribution in [2.45, 2.75) is 6.04 Å². The third-order valence-electron chi connectivity index (χ3n) is 2.29. The van der Waals surface area contributed by atoms with Gasteiger partial charge < -0.3 is 4.90 Å². The van der Waals surface area contributed by atoms with Crippen molar-refractivity contribution in [3.8, 4) is 0 Å². The summed E-state index contributed by atoms with van der Waals surface area (Å²) in [5.41, 5.74) is 8.81. The molecule has 1 aromatic rings. The lowest BCUT2D eigenvalue weighted by Crippen LogP contribution is -2.52. The third-order valence-corrected chi connectivity index (χ3v) is 2.29. The predicted octanol–water partition coefficient (Wildman–Crippen LogP) is 1.22. The van der Waals surface area contributed by atoms with E-state index >= 15 is 0 Å². The Morgan fingerprint density at radius 3 is 2.80 bits per heavy atom. The molecule has 1 amide bonds. The number of aromatic nitrogens is 1. The van der Waals surface area contributed by atoms with Crippen LogP contribution in [0, 0.1) is 0 Å². The van der Waals surface area contributed by atoms with Gasteiger partial charge in [0.25, 0.3) is 5.91 Å². The monoisotopic (exact) mass is 203 g/mol. The second-order valence-electron chi connectivity index (χ2n) is 3.30. The van der Waals surface area contributed by atoms with Crippen molar-refractivity contribution < 1.29 is 4.79 Å². The van der Waals surface area contributed by atoms with E-state index in [9.17, 15) is 4.79 Å². The van der Waals surface area contributed by atoms with Gasteiger partial charge >= 0.3 is 0 Å². The zero-order valence-electron chi connectivity index (χ0n) is 7.95. The van der Waals surface area contributed by atoms with Gasteiger partial charge in [0.15, 0.2) is 0 Å². The second-order valence-corrected chi connectivity index (χ2v) is 3.30. The van der Waals surface area contributed by atoms with Crippen LogP contribution >= 0.6 is 0 Å². The molecule has 1 aliphatic heterocycles. The number of amides is 1. The van der Waals surface area contributed by atoms with Crippen LogP contribution in [0.2, 0.25) is 0 Å². The molecule has 0 saturated carbocycles. The lowest BCUT2D eigenvalue weighted by atomic mass is 10.1. The molecular weight excluding hydrogens is 194 g/mol. The van der Waals surface area contributed by atoms with Crippen molar-refractivity contribution in [2.75, 3.05) is 13.1 Å². The molecule has 2 rings (SSSR count). The maximum Gasteiger partial charge on any atom is 0.253 e. The van der Waals surface area contributed by atoms with Gasteiger partial charge in [0.2, 0.25) is 0 Å². The van der Waals surface area contributed by atoms with Crippen molar-refractivity contribution >= 4 is 5.91 Å². The normalized spacial score (nSPS) is 15.3. The van der Waals surface area contributed by atoms with Crippen LogP contribution in [0.15, 0.2) is 29.6 Å². The molecule has 0 atom stereocenters. The number of carbonyl (C=O) groups excluding carboxylic acids is 1. The summed E-state index contributed by atoms with van der Waals surface area (Å²) in [6.45, 7) is 1.01. The molecule has 1 aliphatic rings. The Morgan fingerprint density at radius 1 is 1.53 bits per heavy atom. The Bertz CT molecular complexity index is 406. The van der Waals surface area contributed by atoms with Gasteiger partial charge in [-0.05, 0) is 17.7 Å². The smallest absolute Gasteiger partial charge is 0.253 e. The van der Waals surface area contributed by atoms with E-state index in [0.717, 1.165) is 0 Å². The first-order valence-corrected chi connectivity index (χ1v) is 4.55. The van der Waals surface area contributed by atoms with Gasteiger partial charge in [-0.3, -0.25) is 9.78 Å². The summed E-state index contributed by atoms with van der Waals surface area (Å²) in [6, 6.07) is 3.27. The number of likely N-dealkylation sites (tertiary alicyclic amines) is 1. The number of azide groups is 1. The predicted molar refractivity (Wildman–Crippen MR) is 53.1 cm³/mol. The fourth-order valence-corrected chi connectivity index (χ4v) is 1.44. The Hall–Kier alpha value is -2.07. The number of hydrogen-bond acceptors (Lipinski definition) is 3. The van der Waals surface area contributed by atoms with Gasteiger partial charge in [-0.25, -0.2) is 0 Å².